The topological polar surface area (TPSA) is 69.2 Å². The number of guanidine groups is 1. The van der Waals surface area contributed by atoms with E-state index in [4.69, 9.17) is 4.74 Å². The molecular weight excluding hydrogens is 373 g/mol. The maximum atomic E-state index is 13.0. The number of nitrogens with zero attached hydrogens (tertiary/aromatic N) is 3. The summed E-state index contributed by atoms with van der Waals surface area (Å²) in [6.07, 6.45) is 0.749. The molecule has 1 aromatic carbocycles. The highest BCUT2D eigenvalue weighted by Gasteiger charge is 2.25. The molecule has 0 aliphatic carbocycles. The molecule has 0 spiro atoms. The van der Waals surface area contributed by atoms with E-state index in [1.54, 1.807) is 24.1 Å². The van der Waals surface area contributed by atoms with Crippen LogP contribution in [0.3, 0.4) is 0 Å². The number of nitrogens with one attached hydrogen (secondary N) is 2. The van der Waals surface area contributed by atoms with Crippen LogP contribution in [0, 0.1) is 5.82 Å². The Morgan fingerprint density at radius 3 is 2.38 bits per heavy atom. The molecule has 2 rings (SSSR count). The van der Waals surface area contributed by atoms with Gasteiger partial charge in [0.1, 0.15) is 11.4 Å². The van der Waals surface area contributed by atoms with Crippen LogP contribution in [0.1, 0.15) is 32.8 Å². The third-order valence-corrected chi connectivity index (χ3v) is 4.56. The van der Waals surface area contributed by atoms with Crippen molar-refractivity contribution in [3.8, 4) is 0 Å². The largest absolute Gasteiger partial charge is 0.444 e. The van der Waals surface area contributed by atoms with Crippen LogP contribution >= 0.6 is 0 Å². The lowest BCUT2D eigenvalue weighted by atomic mass is 10.2. The van der Waals surface area contributed by atoms with Crippen LogP contribution in [0.2, 0.25) is 0 Å². The van der Waals surface area contributed by atoms with Crippen LogP contribution in [0.5, 0.6) is 0 Å². The van der Waals surface area contributed by atoms with Crippen molar-refractivity contribution in [2.75, 3.05) is 46.3 Å². The van der Waals surface area contributed by atoms with Crippen LogP contribution in [-0.2, 0) is 11.3 Å². The number of carbonyl (C=O) groups is 1. The third kappa shape index (κ3) is 8.68. The SMILES string of the molecule is CN=C(NCCCN1CCN(C(=O)OC(C)(C)C)CC1)NCc1ccc(F)cc1. The summed E-state index contributed by atoms with van der Waals surface area (Å²) in [6, 6.07) is 6.42. The third-order valence-electron chi connectivity index (χ3n) is 4.56. The number of ether oxygens (including phenoxy) is 1. The average Bonchev–Trinajstić information content (AvgIpc) is 2.68. The first-order chi connectivity index (χ1) is 13.8. The van der Waals surface area contributed by atoms with Crippen molar-refractivity contribution >= 4 is 12.1 Å². The lowest BCUT2D eigenvalue weighted by Crippen LogP contribution is -2.50. The maximum Gasteiger partial charge on any atom is 0.410 e. The Bertz CT molecular complexity index is 665. The number of amides is 1. The number of carbonyl (C=O) groups excluding carboxylic acids is 1. The maximum absolute atomic E-state index is 13.0. The quantitative estimate of drug-likeness (QED) is 0.431. The molecule has 8 heteroatoms. The summed E-state index contributed by atoms with van der Waals surface area (Å²) in [4.78, 5) is 20.5. The van der Waals surface area contributed by atoms with Crippen LogP contribution in [0.4, 0.5) is 9.18 Å². The minimum absolute atomic E-state index is 0.227. The Hall–Kier alpha value is -2.35. The average molecular weight is 408 g/mol. The van der Waals surface area contributed by atoms with Gasteiger partial charge in [-0.05, 0) is 51.4 Å². The van der Waals surface area contributed by atoms with Gasteiger partial charge in [0.05, 0.1) is 0 Å². The van der Waals surface area contributed by atoms with Gasteiger partial charge in [-0.1, -0.05) is 12.1 Å². The molecule has 0 atom stereocenters. The Kier molecular flexibility index (Phi) is 8.70. The molecule has 29 heavy (non-hydrogen) atoms. The number of halogens is 1. The second-order valence-electron chi connectivity index (χ2n) is 8.14. The molecule has 7 nitrogen and oxygen atoms in total. The van der Waals surface area contributed by atoms with Crippen molar-refractivity contribution in [3.63, 3.8) is 0 Å². The zero-order valence-electron chi connectivity index (χ0n) is 18.0. The van der Waals surface area contributed by atoms with Gasteiger partial charge in [0, 0.05) is 46.3 Å². The van der Waals surface area contributed by atoms with Gasteiger partial charge in [-0.3, -0.25) is 9.89 Å². The van der Waals surface area contributed by atoms with Crippen LogP contribution in [0.15, 0.2) is 29.3 Å². The van der Waals surface area contributed by atoms with Crippen molar-refractivity contribution in [2.24, 2.45) is 4.99 Å². The highest BCUT2D eigenvalue weighted by Crippen LogP contribution is 2.12. The van der Waals surface area contributed by atoms with E-state index in [1.165, 1.54) is 12.1 Å². The van der Waals surface area contributed by atoms with Crippen LogP contribution in [-0.4, -0.2) is 73.8 Å². The first kappa shape index (κ1) is 22.9. The number of benzene rings is 1. The van der Waals surface area contributed by atoms with Gasteiger partial charge < -0.3 is 20.3 Å². The normalized spacial score (nSPS) is 15.9. The zero-order chi connectivity index (χ0) is 21.3. The van der Waals surface area contributed by atoms with Crippen LogP contribution in [0.25, 0.3) is 0 Å². The van der Waals surface area contributed by atoms with Crippen molar-refractivity contribution < 1.29 is 13.9 Å². The Labute approximate surface area is 173 Å². The Balaban J connectivity index is 1.60. The van der Waals surface area contributed by atoms with Gasteiger partial charge in [0.2, 0.25) is 0 Å². The number of aliphatic imine (C=N–C) groups is 1. The highest BCUT2D eigenvalue weighted by atomic mass is 19.1. The summed E-state index contributed by atoms with van der Waals surface area (Å²) in [5.74, 6) is 0.493. The summed E-state index contributed by atoms with van der Waals surface area (Å²) in [5, 5.41) is 6.52. The van der Waals surface area contributed by atoms with Gasteiger partial charge in [0.25, 0.3) is 0 Å². The number of hydrogen-bond acceptors (Lipinski definition) is 4. The summed E-state index contributed by atoms with van der Waals surface area (Å²) in [7, 11) is 1.73. The fourth-order valence-corrected chi connectivity index (χ4v) is 3.00. The van der Waals surface area contributed by atoms with Gasteiger partial charge in [-0.25, -0.2) is 9.18 Å². The molecule has 1 heterocycles. The van der Waals surface area contributed by atoms with Gasteiger partial charge in [-0.15, -0.1) is 0 Å². The molecule has 1 aliphatic heterocycles. The van der Waals surface area contributed by atoms with Crippen LogP contribution < -0.4 is 10.6 Å². The minimum atomic E-state index is -0.455. The Morgan fingerprint density at radius 2 is 1.79 bits per heavy atom. The van der Waals surface area contributed by atoms with E-state index in [2.05, 4.69) is 20.5 Å². The molecule has 0 radical (unpaired) electrons. The molecule has 0 saturated carbocycles. The van der Waals surface area contributed by atoms with Gasteiger partial charge >= 0.3 is 6.09 Å². The van der Waals surface area contributed by atoms with Gasteiger partial charge in [0.15, 0.2) is 5.96 Å². The number of rotatable bonds is 6. The molecule has 0 bridgehead atoms. The Morgan fingerprint density at radius 1 is 1.14 bits per heavy atom. The standard InChI is InChI=1S/C21H34FN5O2/c1-21(2,3)29-20(28)27-14-12-26(13-15-27)11-5-10-24-19(23-4)25-16-17-6-8-18(22)9-7-17/h6-9H,5,10-16H2,1-4H3,(H2,23,24,25). The molecule has 1 aliphatic rings. The first-order valence-corrected chi connectivity index (χ1v) is 10.2. The summed E-state index contributed by atoms with van der Waals surface area (Å²) >= 11 is 0. The molecule has 162 valence electrons. The van der Waals surface area contributed by atoms with E-state index in [-0.39, 0.29) is 11.9 Å². The van der Waals surface area contributed by atoms with E-state index in [0.717, 1.165) is 44.1 Å². The van der Waals surface area contributed by atoms with E-state index in [0.29, 0.717) is 19.6 Å². The molecule has 1 amide bonds. The molecule has 2 N–H and O–H groups in total. The fourth-order valence-electron chi connectivity index (χ4n) is 3.00. The van der Waals surface area contributed by atoms with Crippen molar-refractivity contribution in [1.29, 1.82) is 0 Å². The summed E-state index contributed by atoms with van der Waals surface area (Å²) < 4.78 is 18.4. The smallest absolute Gasteiger partial charge is 0.410 e. The monoisotopic (exact) mass is 407 g/mol. The lowest BCUT2D eigenvalue weighted by molar-refractivity contribution is 0.0145. The second-order valence-corrected chi connectivity index (χ2v) is 8.14. The second kappa shape index (κ2) is 11.0. The van der Waals surface area contributed by atoms with Crippen molar-refractivity contribution in [1.82, 2.24) is 20.4 Å². The van der Waals surface area contributed by atoms with E-state index >= 15 is 0 Å². The van der Waals surface area contributed by atoms with Crippen molar-refractivity contribution in [3.05, 3.63) is 35.6 Å². The lowest BCUT2D eigenvalue weighted by Gasteiger charge is -2.35. The number of piperazine rings is 1. The zero-order valence-corrected chi connectivity index (χ0v) is 18.0. The fraction of sp³-hybridized carbons (Fsp3) is 0.619. The molecule has 1 aromatic rings. The summed E-state index contributed by atoms with van der Waals surface area (Å²) in [5.41, 5.74) is 0.542. The van der Waals surface area contributed by atoms with Crippen molar-refractivity contribution in [2.45, 2.75) is 39.3 Å². The minimum Gasteiger partial charge on any atom is -0.444 e. The molecular formula is C21H34FN5O2. The summed E-state index contributed by atoms with van der Waals surface area (Å²) in [6.45, 7) is 11.1. The predicted molar refractivity (Wildman–Crippen MR) is 113 cm³/mol. The van der Waals surface area contributed by atoms with E-state index in [1.807, 2.05) is 20.8 Å². The molecule has 0 aromatic heterocycles. The molecule has 0 unspecified atom stereocenters. The molecule has 1 saturated heterocycles. The van der Waals surface area contributed by atoms with E-state index in [9.17, 15) is 9.18 Å². The molecule has 1 fully saturated rings. The predicted octanol–water partition coefficient (Wildman–Crippen LogP) is 2.43. The number of hydrogen-bond donors (Lipinski definition) is 2. The first-order valence-electron chi connectivity index (χ1n) is 10.2. The highest BCUT2D eigenvalue weighted by molar-refractivity contribution is 5.79. The van der Waals surface area contributed by atoms with Gasteiger partial charge in [-0.2, -0.15) is 0 Å². The van der Waals surface area contributed by atoms with E-state index < -0.39 is 5.60 Å².